The number of aromatic amines is 1. The molecule has 1 aromatic heterocycles. The second-order valence-corrected chi connectivity index (χ2v) is 4.51. The van der Waals surface area contributed by atoms with Crippen LogP contribution in [-0.4, -0.2) is 10.2 Å². The maximum atomic E-state index is 6.08. The van der Waals surface area contributed by atoms with E-state index in [1.807, 2.05) is 0 Å². The molecule has 4 heteroatoms. The molecule has 0 saturated heterocycles. The number of benzene rings is 1. The molecule has 0 unspecified atom stereocenters. The van der Waals surface area contributed by atoms with Crippen LogP contribution >= 0.6 is 11.6 Å². The first-order chi connectivity index (χ1) is 7.75. The zero-order valence-electron chi connectivity index (χ0n) is 8.76. The van der Waals surface area contributed by atoms with E-state index in [-0.39, 0.29) is 0 Å². The minimum absolute atomic E-state index is 0.358. The first-order valence-electron chi connectivity index (χ1n) is 5.37. The Bertz CT molecular complexity index is 545. The summed E-state index contributed by atoms with van der Waals surface area (Å²) in [6, 6.07) is 6.43. The molecule has 1 aliphatic carbocycles. The summed E-state index contributed by atoms with van der Waals surface area (Å²) in [5, 5.41) is 7.29. The van der Waals surface area contributed by atoms with Crippen molar-refractivity contribution in [1.82, 2.24) is 10.2 Å². The molecule has 3 rings (SSSR count). The smallest absolute Gasteiger partial charge is 0.164 e. The van der Waals surface area contributed by atoms with Crippen LogP contribution in [0.1, 0.15) is 17.5 Å². The minimum Gasteiger partial charge on any atom is -0.381 e. The Balaban J connectivity index is 2.10. The summed E-state index contributed by atoms with van der Waals surface area (Å²) in [6.07, 6.45) is 3.59. The molecule has 0 saturated carbocycles. The van der Waals surface area contributed by atoms with Gasteiger partial charge in [-0.15, -0.1) is 0 Å². The number of nitrogens with zero attached hydrogens (tertiary/aromatic N) is 1. The molecule has 3 N–H and O–H groups in total. The Morgan fingerprint density at radius 3 is 2.81 bits per heavy atom. The fourth-order valence-corrected chi connectivity index (χ4v) is 2.45. The molecule has 1 aliphatic rings. The Hall–Kier alpha value is -1.48. The number of nitrogens with two attached hydrogens (primary N) is 1. The molecule has 3 nitrogen and oxygen atoms in total. The standard InChI is InChI=1S/C12H12ClN3/c13-10-11(15-16-12(10)14)9-5-4-7-2-1-3-8(7)6-9/h4-6H,1-3H2,(H3,14,15,16). The molecule has 0 spiro atoms. The average molecular weight is 234 g/mol. The maximum absolute atomic E-state index is 6.08. The second-order valence-electron chi connectivity index (χ2n) is 4.13. The third kappa shape index (κ3) is 1.39. The summed E-state index contributed by atoms with van der Waals surface area (Å²) in [5.41, 5.74) is 10.4. The van der Waals surface area contributed by atoms with Gasteiger partial charge in [-0.1, -0.05) is 23.7 Å². The lowest BCUT2D eigenvalue weighted by molar-refractivity contribution is 0.912. The number of fused-ring (bicyclic) bond motifs is 1. The van der Waals surface area contributed by atoms with Gasteiger partial charge in [0.1, 0.15) is 5.02 Å². The molecule has 1 aromatic carbocycles. The third-order valence-corrected chi connectivity index (χ3v) is 3.50. The van der Waals surface area contributed by atoms with E-state index in [2.05, 4.69) is 28.4 Å². The van der Waals surface area contributed by atoms with E-state index in [0.717, 1.165) is 17.7 Å². The van der Waals surface area contributed by atoms with Crippen LogP contribution < -0.4 is 5.73 Å². The minimum atomic E-state index is 0.358. The van der Waals surface area contributed by atoms with Crippen LogP contribution in [0, 0.1) is 0 Å². The van der Waals surface area contributed by atoms with E-state index in [9.17, 15) is 0 Å². The highest BCUT2D eigenvalue weighted by Gasteiger charge is 2.14. The van der Waals surface area contributed by atoms with E-state index < -0.39 is 0 Å². The monoisotopic (exact) mass is 233 g/mol. The van der Waals surface area contributed by atoms with Gasteiger partial charge in [-0.05, 0) is 36.5 Å². The van der Waals surface area contributed by atoms with Crippen LogP contribution in [-0.2, 0) is 12.8 Å². The largest absolute Gasteiger partial charge is 0.381 e. The number of hydrogen-bond donors (Lipinski definition) is 2. The highest BCUT2D eigenvalue weighted by Crippen LogP contribution is 2.32. The van der Waals surface area contributed by atoms with Crippen molar-refractivity contribution >= 4 is 17.4 Å². The average Bonchev–Trinajstić information content (AvgIpc) is 2.86. The molecule has 2 aromatic rings. The van der Waals surface area contributed by atoms with Gasteiger partial charge < -0.3 is 5.73 Å². The van der Waals surface area contributed by atoms with Crippen molar-refractivity contribution < 1.29 is 0 Å². The van der Waals surface area contributed by atoms with Crippen LogP contribution in [0.3, 0.4) is 0 Å². The number of nitrogens with one attached hydrogen (secondary N) is 1. The summed E-state index contributed by atoms with van der Waals surface area (Å²) in [5.74, 6) is 0.358. The number of hydrogen-bond acceptors (Lipinski definition) is 2. The van der Waals surface area contributed by atoms with Gasteiger partial charge in [0.15, 0.2) is 5.82 Å². The van der Waals surface area contributed by atoms with Gasteiger partial charge >= 0.3 is 0 Å². The fraction of sp³-hybridized carbons (Fsp3) is 0.250. The number of aromatic nitrogens is 2. The van der Waals surface area contributed by atoms with Crippen LogP contribution in [0.5, 0.6) is 0 Å². The number of aryl methyl sites for hydroxylation is 2. The van der Waals surface area contributed by atoms with Crippen molar-refractivity contribution in [3.05, 3.63) is 34.3 Å². The molecule has 0 amide bonds. The van der Waals surface area contributed by atoms with Crippen molar-refractivity contribution in [2.24, 2.45) is 0 Å². The van der Waals surface area contributed by atoms with Gasteiger partial charge in [-0.2, -0.15) is 5.10 Å². The van der Waals surface area contributed by atoms with Gasteiger partial charge in [0.25, 0.3) is 0 Å². The van der Waals surface area contributed by atoms with Crippen molar-refractivity contribution in [2.45, 2.75) is 19.3 Å². The Kier molecular flexibility index (Phi) is 2.14. The highest BCUT2D eigenvalue weighted by molar-refractivity contribution is 6.35. The molecule has 82 valence electrons. The van der Waals surface area contributed by atoms with Crippen LogP contribution in [0.2, 0.25) is 5.02 Å². The van der Waals surface area contributed by atoms with Gasteiger partial charge in [-0.25, -0.2) is 0 Å². The number of nitrogen functional groups attached to an aromatic ring is 1. The first kappa shape index (κ1) is 9.73. The van der Waals surface area contributed by atoms with Gasteiger partial charge in [0.2, 0.25) is 0 Å². The van der Waals surface area contributed by atoms with Gasteiger partial charge in [-0.3, -0.25) is 5.10 Å². The molecule has 0 radical (unpaired) electrons. The highest BCUT2D eigenvalue weighted by atomic mass is 35.5. The summed E-state index contributed by atoms with van der Waals surface area (Å²) in [4.78, 5) is 0. The zero-order chi connectivity index (χ0) is 11.1. The van der Waals surface area contributed by atoms with Crippen LogP contribution in [0.15, 0.2) is 18.2 Å². The Morgan fingerprint density at radius 2 is 2.06 bits per heavy atom. The van der Waals surface area contributed by atoms with Gasteiger partial charge in [0, 0.05) is 5.56 Å². The van der Waals surface area contributed by atoms with E-state index in [1.165, 1.54) is 24.0 Å². The Labute approximate surface area is 98.6 Å². The molecular formula is C12H12ClN3. The quantitative estimate of drug-likeness (QED) is 0.796. The van der Waals surface area contributed by atoms with Crippen molar-refractivity contribution in [2.75, 3.05) is 5.73 Å². The van der Waals surface area contributed by atoms with Gasteiger partial charge in [0.05, 0.1) is 5.69 Å². The molecule has 0 atom stereocenters. The lowest BCUT2D eigenvalue weighted by atomic mass is 10.0. The lowest BCUT2D eigenvalue weighted by Gasteiger charge is -2.03. The fourth-order valence-electron chi connectivity index (χ4n) is 2.26. The van der Waals surface area contributed by atoms with E-state index in [1.54, 1.807) is 0 Å². The first-order valence-corrected chi connectivity index (χ1v) is 5.75. The maximum Gasteiger partial charge on any atom is 0.164 e. The third-order valence-electron chi connectivity index (χ3n) is 3.12. The SMILES string of the molecule is Nc1n[nH]c(-c2ccc3c(c2)CCC3)c1Cl. The van der Waals surface area contributed by atoms with E-state index in [0.29, 0.717) is 10.8 Å². The van der Waals surface area contributed by atoms with Crippen molar-refractivity contribution in [3.63, 3.8) is 0 Å². The predicted molar refractivity (Wildman–Crippen MR) is 65.5 cm³/mol. The van der Waals surface area contributed by atoms with Crippen LogP contribution in [0.4, 0.5) is 5.82 Å². The molecule has 16 heavy (non-hydrogen) atoms. The summed E-state index contributed by atoms with van der Waals surface area (Å²) in [7, 11) is 0. The number of anilines is 1. The number of H-pyrrole nitrogens is 1. The second kappa shape index (κ2) is 3.52. The van der Waals surface area contributed by atoms with Crippen molar-refractivity contribution in [1.29, 1.82) is 0 Å². The summed E-state index contributed by atoms with van der Waals surface area (Å²) >= 11 is 6.08. The predicted octanol–water partition coefficient (Wildman–Crippen LogP) is 2.80. The number of halogens is 1. The molecular weight excluding hydrogens is 222 g/mol. The molecule has 0 fully saturated rings. The van der Waals surface area contributed by atoms with E-state index >= 15 is 0 Å². The Morgan fingerprint density at radius 1 is 1.25 bits per heavy atom. The summed E-state index contributed by atoms with van der Waals surface area (Å²) < 4.78 is 0. The molecule has 0 aliphatic heterocycles. The topological polar surface area (TPSA) is 54.7 Å². The molecule has 0 bridgehead atoms. The van der Waals surface area contributed by atoms with E-state index in [4.69, 9.17) is 17.3 Å². The normalized spacial score (nSPS) is 14.1. The zero-order valence-corrected chi connectivity index (χ0v) is 9.51. The summed E-state index contributed by atoms with van der Waals surface area (Å²) in [6.45, 7) is 0. The molecule has 1 heterocycles. The number of rotatable bonds is 1. The van der Waals surface area contributed by atoms with Crippen molar-refractivity contribution in [3.8, 4) is 11.3 Å². The van der Waals surface area contributed by atoms with Crippen LogP contribution in [0.25, 0.3) is 11.3 Å². The lowest BCUT2D eigenvalue weighted by Crippen LogP contribution is -1.85.